The fourth-order valence-corrected chi connectivity index (χ4v) is 3.00. The number of fused-ring (bicyclic) bond motifs is 1. The second-order valence-electron chi connectivity index (χ2n) is 5.71. The van der Waals surface area contributed by atoms with Gasteiger partial charge in [-0.15, -0.1) is 0 Å². The van der Waals surface area contributed by atoms with Crippen LogP contribution in [0.4, 0.5) is 0 Å². The number of carbonyl (C=O) groups excluding carboxylic acids is 1. The van der Waals surface area contributed by atoms with Gasteiger partial charge in [0.25, 0.3) is 5.91 Å². The largest absolute Gasteiger partial charge is 0.337 e. The second kappa shape index (κ2) is 6.42. The number of benzene rings is 1. The summed E-state index contributed by atoms with van der Waals surface area (Å²) in [5.41, 5.74) is 3.58. The molecule has 0 aliphatic rings. The summed E-state index contributed by atoms with van der Waals surface area (Å²) in [6.45, 7) is 4.17. The number of nitrogens with zero attached hydrogens (tertiary/aromatic N) is 4. The van der Waals surface area contributed by atoms with E-state index in [4.69, 9.17) is 23.2 Å². The van der Waals surface area contributed by atoms with Crippen LogP contribution in [-0.2, 0) is 6.54 Å². The fraction of sp³-hybridized carbons (Fsp3) is 0.235. The molecule has 0 spiro atoms. The molecule has 1 amide bonds. The van der Waals surface area contributed by atoms with E-state index in [2.05, 4.69) is 10.1 Å². The lowest BCUT2D eigenvalue weighted by Gasteiger charge is -2.17. The first-order chi connectivity index (χ1) is 11.4. The Labute approximate surface area is 149 Å². The third-order valence-corrected chi connectivity index (χ3v) is 4.65. The van der Waals surface area contributed by atoms with Gasteiger partial charge in [-0.25, -0.2) is 9.50 Å². The van der Waals surface area contributed by atoms with Crippen LogP contribution in [0.1, 0.15) is 27.3 Å². The molecule has 2 aromatic heterocycles. The summed E-state index contributed by atoms with van der Waals surface area (Å²) in [7, 11) is 1.71. The van der Waals surface area contributed by atoms with Crippen molar-refractivity contribution in [2.24, 2.45) is 0 Å². The highest BCUT2D eigenvalue weighted by molar-refractivity contribution is 6.42. The molecule has 0 saturated carbocycles. The van der Waals surface area contributed by atoms with Crippen LogP contribution in [-0.4, -0.2) is 32.5 Å². The summed E-state index contributed by atoms with van der Waals surface area (Å²) in [5.74, 6) is -0.168. The average Bonchev–Trinajstić information content (AvgIpc) is 2.95. The lowest BCUT2D eigenvalue weighted by Crippen LogP contribution is -2.26. The molecule has 3 aromatic rings. The molecule has 0 saturated heterocycles. The molecule has 0 aliphatic carbocycles. The minimum absolute atomic E-state index is 0.168. The molecule has 0 radical (unpaired) electrons. The molecule has 0 bridgehead atoms. The zero-order chi connectivity index (χ0) is 17.4. The highest BCUT2D eigenvalue weighted by Crippen LogP contribution is 2.26. The van der Waals surface area contributed by atoms with Crippen molar-refractivity contribution in [1.82, 2.24) is 19.5 Å². The van der Waals surface area contributed by atoms with Crippen LogP contribution in [0.5, 0.6) is 0 Å². The number of rotatable bonds is 3. The smallest absolute Gasteiger partial charge is 0.259 e. The predicted octanol–water partition coefficient (Wildman–Crippen LogP) is 3.93. The quantitative estimate of drug-likeness (QED) is 0.709. The van der Waals surface area contributed by atoms with E-state index in [0.29, 0.717) is 27.8 Å². The summed E-state index contributed by atoms with van der Waals surface area (Å²) in [4.78, 5) is 18.8. The van der Waals surface area contributed by atoms with Crippen molar-refractivity contribution in [1.29, 1.82) is 0 Å². The molecule has 3 rings (SSSR count). The molecule has 0 N–H and O–H groups in total. The maximum Gasteiger partial charge on any atom is 0.259 e. The SMILES string of the molecule is Cc1cc(C)n2ncc(C(=O)N(C)Cc3cccc(Cl)c3Cl)c2n1. The Kier molecular flexibility index (Phi) is 4.47. The third-order valence-electron chi connectivity index (χ3n) is 3.79. The van der Waals surface area contributed by atoms with Crippen LogP contribution >= 0.6 is 23.2 Å². The lowest BCUT2D eigenvalue weighted by atomic mass is 10.2. The Balaban J connectivity index is 1.93. The number of aromatic nitrogens is 3. The van der Waals surface area contributed by atoms with Gasteiger partial charge in [0.15, 0.2) is 5.65 Å². The monoisotopic (exact) mass is 362 g/mol. The molecule has 0 atom stereocenters. The van der Waals surface area contributed by atoms with Gasteiger partial charge in [-0.2, -0.15) is 5.10 Å². The van der Waals surface area contributed by atoms with Gasteiger partial charge in [-0.3, -0.25) is 4.79 Å². The molecule has 24 heavy (non-hydrogen) atoms. The summed E-state index contributed by atoms with van der Waals surface area (Å²) in [6, 6.07) is 7.30. The molecule has 5 nitrogen and oxygen atoms in total. The number of amides is 1. The van der Waals surface area contributed by atoms with Crippen LogP contribution in [0.25, 0.3) is 5.65 Å². The molecular formula is C17H16Cl2N4O. The van der Waals surface area contributed by atoms with E-state index in [1.54, 1.807) is 28.7 Å². The maximum absolute atomic E-state index is 12.8. The van der Waals surface area contributed by atoms with Crippen LogP contribution in [0.15, 0.2) is 30.5 Å². The summed E-state index contributed by atoms with van der Waals surface area (Å²) >= 11 is 12.2. The van der Waals surface area contributed by atoms with Gasteiger partial charge in [0.05, 0.1) is 16.2 Å². The van der Waals surface area contributed by atoms with E-state index in [9.17, 15) is 4.79 Å². The molecular weight excluding hydrogens is 347 g/mol. The first-order valence-electron chi connectivity index (χ1n) is 7.39. The molecule has 7 heteroatoms. The topological polar surface area (TPSA) is 50.5 Å². The van der Waals surface area contributed by atoms with Crippen LogP contribution < -0.4 is 0 Å². The Morgan fingerprint density at radius 3 is 2.79 bits per heavy atom. The number of hydrogen-bond donors (Lipinski definition) is 0. The Morgan fingerprint density at radius 1 is 1.29 bits per heavy atom. The number of halogens is 2. The summed E-state index contributed by atoms with van der Waals surface area (Å²) in [5, 5.41) is 5.19. The minimum atomic E-state index is -0.168. The second-order valence-corrected chi connectivity index (χ2v) is 6.49. The molecule has 2 heterocycles. The number of aryl methyl sites for hydroxylation is 2. The van der Waals surface area contributed by atoms with E-state index < -0.39 is 0 Å². The van der Waals surface area contributed by atoms with E-state index in [1.165, 1.54) is 0 Å². The van der Waals surface area contributed by atoms with Crippen molar-refractivity contribution < 1.29 is 4.79 Å². The van der Waals surface area contributed by atoms with Crippen LogP contribution in [0, 0.1) is 13.8 Å². The van der Waals surface area contributed by atoms with Crippen LogP contribution in [0.3, 0.4) is 0 Å². The lowest BCUT2D eigenvalue weighted by molar-refractivity contribution is 0.0787. The van der Waals surface area contributed by atoms with Gasteiger partial charge in [0, 0.05) is 25.0 Å². The minimum Gasteiger partial charge on any atom is -0.337 e. The molecule has 0 unspecified atom stereocenters. The Morgan fingerprint density at radius 2 is 2.04 bits per heavy atom. The normalized spacial score (nSPS) is 11.0. The predicted molar refractivity (Wildman–Crippen MR) is 94.7 cm³/mol. The van der Waals surface area contributed by atoms with Gasteiger partial charge in [-0.05, 0) is 31.5 Å². The molecule has 0 aliphatic heterocycles. The van der Waals surface area contributed by atoms with Crippen molar-refractivity contribution in [2.45, 2.75) is 20.4 Å². The first kappa shape index (κ1) is 16.7. The van der Waals surface area contributed by atoms with Gasteiger partial charge in [0.2, 0.25) is 0 Å². The van der Waals surface area contributed by atoms with Crippen molar-refractivity contribution in [3.63, 3.8) is 0 Å². The van der Waals surface area contributed by atoms with E-state index in [-0.39, 0.29) is 5.91 Å². The number of hydrogen-bond acceptors (Lipinski definition) is 3. The van der Waals surface area contributed by atoms with E-state index in [0.717, 1.165) is 17.0 Å². The van der Waals surface area contributed by atoms with Crippen molar-refractivity contribution in [2.75, 3.05) is 7.05 Å². The Hall–Kier alpha value is -2.11. The van der Waals surface area contributed by atoms with Gasteiger partial charge < -0.3 is 4.90 Å². The standard InChI is InChI=1S/C17H16Cl2N4O/c1-10-7-11(2)23-16(21-10)13(8-20-23)17(24)22(3)9-12-5-4-6-14(18)15(12)19/h4-8H,9H2,1-3H3. The van der Waals surface area contributed by atoms with E-state index in [1.807, 2.05) is 32.0 Å². The van der Waals surface area contributed by atoms with Gasteiger partial charge >= 0.3 is 0 Å². The zero-order valence-corrected chi connectivity index (χ0v) is 15.1. The number of carbonyl (C=O) groups is 1. The molecule has 1 aromatic carbocycles. The van der Waals surface area contributed by atoms with Gasteiger partial charge in [-0.1, -0.05) is 35.3 Å². The Bertz CT molecular complexity index is 936. The van der Waals surface area contributed by atoms with Crippen molar-refractivity contribution >= 4 is 34.8 Å². The highest BCUT2D eigenvalue weighted by atomic mass is 35.5. The zero-order valence-electron chi connectivity index (χ0n) is 13.5. The highest BCUT2D eigenvalue weighted by Gasteiger charge is 2.20. The average molecular weight is 363 g/mol. The van der Waals surface area contributed by atoms with Gasteiger partial charge in [0.1, 0.15) is 5.56 Å². The maximum atomic E-state index is 12.8. The first-order valence-corrected chi connectivity index (χ1v) is 8.14. The molecule has 0 fully saturated rings. The summed E-state index contributed by atoms with van der Waals surface area (Å²) in [6.07, 6.45) is 1.55. The van der Waals surface area contributed by atoms with Crippen molar-refractivity contribution in [3.05, 3.63) is 63.0 Å². The molecule has 124 valence electrons. The van der Waals surface area contributed by atoms with Crippen LogP contribution in [0.2, 0.25) is 10.0 Å². The third kappa shape index (κ3) is 2.97. The van der Waals surface area contributed by atoms with E-state index >= 15 is 0 Å². The van der Waals surface area contributed by atoms with Crippen molar-refractivity contribution in [3.8, 4) is 0 Å². The summed E-state index contributed by atoms with van der Waals surface area (Å²) < 4.78 is 1.67. The fourth-order valence-electron chi connectivity index (χ4n) is 2.62.